The molecule has 2 rings (SSSR count). The van der Waals surface area contributed by atoms with Gasteiger partial charge in [0.2, 0.25) is 0 Å². The van der Waals surface area contributed by atoms with Gasteiger partial charge in [-0.3, -0.25) is 9.69 Å². The maximum absolute atomic E-state index is 12.2. The van der Waals surface area contributed by atoms with E-state index >= 15 is 0 Å². The number of nitrogens with one attached hydrogen (secondary N) is 1. The molecule has 0 bridgehead atoms. The first kappa shape index (κ1) is 15.4. The van der Waals surface area contributed by atoms with Crippen molar-refractivity contribution in [2.75, 3.05) is 18.0 Å². The summed E-state index contributed by atoms with van der Waals surface area (Å²) in [5.74, 6) is -0.0448. The molecule has 0 aliphatic heterocycles. The summed E-state index contributed by atoms with van der Waals surface area (Å²) < 4.78 is 0. The van der Waals surface area contributed by atoms with E-state index in [2.05, 4.69) is 5.32 Å². The Bertz CT molecular complexity index is 472. The van der Waals surface area contributed by atoms with Crippen LogP contribution in [0.15, 0.2) is 30.3 Å². The number of hydrogen-bond acceptors (Lipinski definition) is 2. The van der Waals surface area contributed by atoms with Crippen LogP contribution in [0.3, 0.4) is 0 Å². The van der Waals surface area contributed by atoms with Gasteiger partial charge in [-0.25, -0.2) is 4.79 Å². The highest BCUT2D eigenvalue weighted by Gasteiger charge is 2.21. The zero-order valence-corrected chi connectivity index (χ0v) is 12.1. The summed E-state index contributed by atoms with van der Waals surface area (Å²) in [6.07, 6.45) is 4.73. The smallest absolute Gasteiger partial charge is 0.321 e. The summed E-state index contributed by atoms with van der Waals surface area (Å²) in [5.41, 5.74) is 0.721. The first-order valence-corrected chi connectivity index (χ1v) is 7.49. The Morgan fingerprint density at radius 3 is 2.57 bits per heavy atom. The van der Waals surface area contributed by atoms with Crippen molar-refractivity contribution in [1.82, 2.24) is 5.32 Å². The number of hydrogen-bond donors (Lipinski definition) is 2. The van der Waals surface area contributed by atoms with Gasteiger partial charge >= 0.3 is 12.0 Å². The van der Waals surface area contributed by atoms with Crippen LogP contribution >= 0.6 is 0 Å². The number of urea groups is 1. The van der Waals surface area contributed by atoms with E-state index in [1.165, 1.54) is 24.2 Å². The van der Waals surface area contributed by atoms with Gasteiger partial charge in [0.25, 0.3) is 0 Å². The number of amides is 2. The minimum Gasteiger partial charge on any atom is -0.481 e. The van der Waals surface area contributed by atoms with Gasteiger partial charge in [-0.15, -0.1) is 0 Å². The van der Waals surface area contributed by atoms with E-state index in [0.717, 1.165) is 18.0 Å². The number of carboxylic acid groups (broad SMARTS) is 1. The molecular formula is C16H22N2O3. The quantitative estimate of drug-likeness (QED) is 0.723. The van der Waals surface area contributed by atoms with Crippen molar-refractivity contribution in [1.29, 1.82) is 0 Å². The van der Waals surface area contributed by atoms with E-state index in [-0.39, 0.29) is 19.0 Å². The van der Waals surface area contributed by atoms with Gasteiger partial charge < -0.3 is 10.4 Å². The van der Waals surface area contributed by atoms with E-state index in [1.807, 2.05) is 30.3 Å². The molecule has 1 aromatic carbocycles. The SMILES string of the molecule is O=C(O)CCN(C(=O)NCCCC1CC1)c1ccccc1. The third-order valence-electron chi connectivity index (χ3n) is 3.62. The predicted octanol–water partition coefficient (Wildman–Crippen LogP) is 2.87. The molecule has 1 aliphatic carbocycles. The summed E-state index contributed by atoms with van der Waals surface area (Å²) in [6, 6.07) is 8.94. The van der Waals surface area contributed by atoms with E-state index in [4.69, 9.17) is 5.11 Å². The van der Waals surface area contributed by atoms with Gasteiger partial charge in [0.05, 0.1) is 6.42 Å². The van der Waals surface area contributed by atoms with Gasteiger partial charge in [-0.2, -0.15) is 0 Å². The van der Waals surface area contributed by atoms with Crippen molar-refractivity contribution >= 4 is 17.7 Å². The first-order chi connectivity index (χ1) is 10.2. The molecule has 1 fully saturated rings. The summed E-state index contributed by atoms with van der Waals surface area (Å²) in [6.45, 7) is 0.819. The van der Waals surface area contributed by atoms with Crippen molar-refractivity contribution in [3.63, 3.8) is 0 Å². The fraction of sp³-hybridized carbons (Fsp3) is 0.500. The van der Waals surface area contributed by atoms with Crippen molar-refractivity contribution < 1.29 is 14.7 Å². The largest absolute Gasteiger partial charge is 0.481 e. The summed E-state index contributed by atoms with van der Waals surface area (Å²) in [5, 5.41) is 11.7. The maximum Gasteiger partial charge on any atom is 0.321 e. The van der Waals surface area contributed by atoms with Gasteiger partial charge in [0.1, 0.15) is 0 Å². The molecule has 1 aliphatic rings. The molecule has 2 amide bonds. The average molecular weight is 290 g/mol. The molecule has 0 saturated heterocycles. The average Bonchev–Trinajstić information content (AvgIpc) is 3.29. The Morgan fingerprint density at radius 2 is 1.95 bits per heavy atom. The van der Waals surface area contributed by atoms with Crippen LogP contribution in [0.1, 0.15) is 32.1 Å². The van der Waals surface area contributed by atoms with Crippen LogP contribution in [0.4, 0.5) is 10.5 Å². The molecular weight excluding hydrogens is 268 g/mol. The minimum absolute atomic E-state index is 0.0651. The zero-order chi connectivity index (χ0) is 15.1. The molecule has 0 spiro atoms. The topological polar surface area (TPSA) is 69.6 Å². The highest BCUT2D eigenvalue weighted by molar-refractivity contribution is 5.92. The maximum atomic E-state index is 12.2. The summed E-state index contributed by atoms with van der Waals surface area (Å²) >= 11 is 0. The van der Waals surface area contributed by atoms with Crippen LogP contribution in [0, 0.1) is 5.92 Å². The number of aliphatic carboxylic acids is 1. The lowest BCUT2D eigenvalue weighted by Crippen LogP contribution is -2.41. The number of carbonyl (C=O) groups is 2. The molecule has 114 valence electrons. The standard InChI is InChI=1S/C16H22N2O3/c19-15(20)10-12-18(14-6-2-1-3-7-14)16(21)17-11-4-5-13-8-9-13/h1-3,6-7,13H,4-5,8-12H2,(H,17,21)(H,19,20). The predicted molar refractivity (Wildman–Crippen MR) is 81.4 cm³/mol. The lowest BCUT2D eigenvalue weighted by Gasteiger charge is -2.22. The molecule has 0 atom stereocenters. The Kier molecular flexibility index (Phi) is 5.60. The highest BCUT2D eigenvalue weighted by Crippen LogP contribution is 2.33. The van der Waals surface area contributed by atoms with Crippen LogP contribution in [-0.4, -0.2) is 30.2 Å². The van der Waals surface area contributed by atoms with Crippen LogP contribution in [0.25, 0.3) is 0 Å². The molecule has 1 saturated carbocycles. The third-order valence-corrected chi connectivity index (χ3v) is 3.62. The highest BCUT2D eigenvalue weighted by atomic mass is 16.4. The number of anilines is 1. The molecule has 5 nitrogen and oxygen atoms in total. The van der Waals surface area contributed by atoms with Crippen LogP contribution < -0.4 is 10.2 Å². The van der Waals surface area contributed by atoms with Gasteiger partial charge in [0, 0.05) is 18.8 Å². The molecule has 0 unspecified atom stereocenters. The zero-order valence-electron chi connectivity index (χ0n) is 12.1. The summed E-state index contributed by atoms with van der Waals surface area (Å²) in [7, 11) is 0. The second kappa shape index (κ2) is 7.67. The fourth-order valence-electron chi connectivity index (χ4n) is 2.25. The van der Waals surface area contributed by atoms with E-state index in [9.17, 15) is 9.59 Å². The Morgan fingerprint density at radius 1 is 1.24 bits per heavy atom. The van der Waals surface area contributed by atoms with Gasteiger partial charge in [-0.1, -0.05) is 31.0 Å². The van der Waals surface area contributed by atoms with E-state index in [1.54, 1.807) is 0 Å². The number of nitrogens with zero attached hydrogens (tertiary/aromatic N) is 1. The normalized spacial score (nSPS) is 13.7. The number of para-hydroxylation sites is 1. The van der Waals surface area contributed by atoms with Crippen LogP contribution in [0.5, 0.6) is 0 Å². The van der Waals surface area contributed by atoms with Gasteiger partial charge in [0.15, 0.2) is 0 Å². The molecule has 0 heterocycles. The molecule has 21 heavy (non-hydrogen) atoms. The second-order valence-corrected chi connectivity index (χ2v) is 5.45. The lowest BCUT2D eigenvalue weighted by atomic mass is 10.2. The lowest BCUT2D eigenvalue weighted by molar-refractivity contribution is -0.136. The first-order valence-electron chi connectivity index (χ1n) is 7.49. The van der Waals surface area contributed by atoms with Crippen molar-refractivity contribution in [3.05, 3.63) is 30.3 Å². The number of benzene rings is 1. The van der Waals surface area contributed by atoms with Crippen LogP contribution in [-0.2, 0) is 4.79 Å². The summed E-state index contributed by atoms with van der Waals surface area (Å²) in [4.78, 5) is 24.5. The number of carboxylic acids is 1. The van der Waals surface area contributed by atoms with Crippen molar-refractivity contribution in [3.8, 4) is 0 Å². The Balaban J connectivity index is 1.86. The van der Waals surface area contributed by atoms with Crippen molar-refractivity contribution in [2.24, 2.45) is 5.92 Å². The number of carbonyl (C=O) groups excluding carboxylic acids is 1. The minimum atomic E-state index is -0.905. The Hall–Kier alpha value is -2.04. The molecule has 1 aromatic rings. The molecule has 0 aromatic heterocycles. The van der Waals surface area contributed by atoms with Crippen molar-refractivity contribution in [2.45, 2.75) is 32.1 Å². The number of rotatable bonds is 8. The molecule has 0 radical (unpaired) electrons. The van der Waals surface area contributed by atoms with E-state index in [0.29, 0.717) is 6.54 Å². The third kappa shape index (κ3) is 5.45. The molecule has 2 N–H and O–H groups in total. The molecule has 5 heteroatoms. The fourth-order valence-corrected chi connectivity index (χ4v) is 2.25. The second-order valence-electron chi connectivity index (χ2n) is 5.45. The van der Waals surface area contributed by atoms with Gasteiger partial charge in [-0.05, 0) is 30.9 Å². The van der Waals surface area contributed by atoms with E-state index < -0.39 is 5.97 Å². The van der Waals surface area contributed by atoms with Crippen LogP contribution in [0.2, 0.25) is 0 Å². The monoisotopic (exact) mass is 290 g/mol. The Labute approximate surface area is 125 Å².